The number of carboxylic acid groups (broad SMARTS) is 1. The first-order valence-electron chi connectivity index (χ1n) is 5.70. The van der Waals surface area contributed by atoms with Crippen LogP contribution in [0.3, 0.4) is 0 Å². The van der Waals surface area contributed by atoms with Crippen LogP contribution in [0.1, 0.15) is 24.5 Å². The highest BCUT2D eigenvalue weighted by Gasteiger charge is 2.22. The molecule has 0 aliphatic heterocycles. The predicted octanol–water partition coefficient (Wildman–Crippen LogP) is 1.68. The summed E-state index contributed by atoms with van der Waals surface area (Å²) in [5.41, 5.74) is 1.01. The fourth-order valence-electron chi connectivity index (χ4n) is 1.67. The second-order valence-corrected chi connectivity index (χ2v) is 5.53. The highest BCUT2D eigenvalue weighted by atomic mass is 32.2. The molecule has 0 saturated heterocycles. The zero-order valence-electron chi connectivity index (χ0n) is 10.8. The number of ether oxygens (including phenoxy) is 1. The van der Waals surface area contributed by atoms with Gasteiger partial charge in [0.2, 0.25) is 0 Å². The van der Waals surface area contributed by atoms with E-state index in [1.165, 1.54) is 7.11 Å². The first kappa shape index (κ1) is 15.2. The van der Waals surface area contributed by atoms with Crippen LogP contribution in [0.5, 0.6) is 5.75 Å². The molecule has 0 saturated carbocycles. The van der Waals surface area contributed by atoms with Crippen LogP contribution in [-0.2, 0) is 21.3 Å². The lowest BCUT2D eigenvalue weighted by molar-refractivity contribution is -0.136. The first-order valence-corrected chi connectivity index (χ1v) is 7.08. The van der Waals surface area contributed by atoms with E-state index in [0.717, 1.165) is 0 Å². The van der Waals surface area contributed by atoms with Crippen molar-refractivity contribution in [1.82, 2.24) is 0 Å². The molecule has 0 radical (unpaired) electrons. The van der Waals surface area contributed by atoms with Crippen LogP contribution in [-0.4, -0.2) is 27.6 Å². The summed E-state index contributed by atoms with van der Waals surface area (Å²) in [6.07, 6.45) is 0.309. The van der Waals surface area contributed by atoms with Crippen molar-refractivity contribution in [3.63, 3.8) is 0 Å². The van der Waals surface area contributed by atoms with Crippen LogP contribution in [0, 0.1) is 11.3 Å². The van der Waals surface area contributed by atoms with E-state index in [9.17, 15) is 9.00 Å². The second-order valence-electron chi connectivity index (χ2n) is 3.91. The van der Waals surface area contributed by atoms with Gasteiger partial charge in [-0.25, -0.2) is 0 Å². The van der Waals surface area contributed by atoms with E-state index in [1.807, 2.05) is 6.07 Å². The molecule has 0 fully saturated rings. The Morgan fingerprint density at radius 3 is 2.74 bits per heavy atom. The molecule has 1 aromatic carbocycles. The van der Waals surface area contributed by atoms with Gasteiger partial charge in [-0.1, -0.05) is 13.0 Å². The molecule has 1 rings (SSSR count). The number of nitriles is 1. The van der Waals surface area contributed by atoms with Crippen molar-refractivity contribution >= 4 is 16.8 Å². The summed E-state index contributed by atoms with van der Waals surface area (Å²) in [6, 6.07) is 6.87. The smallest absolute Gasteiger partial charge is 0.319 e. The average molecular weight is 281 g/mol. The molecular formula is C13H15NO4S. The van der Waals surface area contributed by atoms with Gasteiger partial charge < -0.3 is 9.84 Å². The lowest BCUT2D eigenvalue weighted by Gasteiger charge is -2.10. The SMILES string of the molecule is CCC(C(=O)O)S(=O)Cc1ccc(OC)c(C#N)c1. The molecule has 0 bridgehead atoms. The van der Waals surface area contributed by atoms with Gasteiger partial charge in [-0.3, -0.25) is 9.00 Å². The van der Waals surface area contributed by atoms with Crippen molar-refractivity contribution in [3.8, 4) is 11.8 Å². The third-order valence-corrected chi connectivity index (χ3v) is 4.44. The second kappa shape index (κ2) is 6.90. The van der Waals surface area contributed by atoms with Gasteiger partial charge >= 0.3 is 5.97 Å². The maximum Gasteiger partial charge on any atom is 0.319 e. The Labute approximate surface area is 114 Å². The molecule has 1 N–H and O–H groups in total. The Kier molecular flexibility index (Phi) is 5.52. The summed E-state index contributed by atoms with van der Waals surface area (Å²) in [7, 11) is -0.0437. The summed E-state index contributed by atoms with van der Waals surface area (Å²) >= 11 is 0. The van der Waals surface area contributed by atoms with Crippen molar-refractivity contribution in [3.05, 3.63) is 29.3 Å². The molecule has 19 heavy (non-hydrogen) atoms. The molecule has 0 spiro atoms. The average Bonchev–Trinajstić information content (AvgIpc) is 2.38. The predicted molar refractivity (Wildman–Crippen MR) is 71.3 cm³/mol. The number of aliphatic carboxylic acids is 1. The Bertz CT molecular complexity index is 536. The molecule has 1 aromatic rings. The number of carbonyl (C=O) groups is 1. The van der Waals surface area contributed by atoms with Gasteiger partial charge in [0, 0.05) is 16.6 Å². The van der Waals surface area contributed by atoms with Gasteiger partial charge in [-0.15, -0.1) is 0 Å². The van der Waals surface area contributed by atoms with Crippen molar-refractivity contribution in [2.75, 3.05) is 7.11 Å². The molecule has 0 aliphatic rings. The minimum Gasteiger partial charge on any atom is -0.495 e. The van der Waals surface area contributed by atoms with Gasteiger partial charge in [-0.05, 0) is 24.1 Å². The normalized spacial score (nSPS) is 13.3. The number of hydrogen-bond acceptors (Lipinski definition) is 4. The summed E-state index contributed by atoms with van der Waals surface area (Å²) in [5, 5.41) is 17.0. The Morgan fingerprint density at radius 1 is 1.58 bits per heavy atom. The Balaban J connectivity index is 2.92. The van der Waals surface area contributed by atoms with Crippen LogP contribution < -0.4 is 4.74 Å². The Morgan fingerprint density at radius 2 is 2.26 bits per heavy atom. The molecule has 0 aliphatic carbocycles. The lowest BCUT2D eigenvalue weighted by Crippen LogP contribution is -2.25. The van der Waals surface area contributed by atoms with Crippen LogP contribution in [0.2, 0.25) is 0 Å². The van der Waals surface area contributed by atoms with E-state index in [1.54, 1.807) is 25.1 Å². The van der Waals surface area contributed by atoms with Crippen molar-refractivity contribution < 1.29 is 18.8 Å². The van der Waals surface area contributed by atoms with E-state index >= 15 is 0 Å². The standard InChI is InChI=1S/C13H15NO4S/c1-3-12(13(15)16)19(17)8-9-4-5-11(18-2)10(6-9)7-14/h4-6,12H,3,8H2,1-2H3,(H,15,16). The van der Waals surface area contributed by atoms with Gasteiger partial charge in [0.05, 0.1) is 12.7 Å². The summed E-state index contributed by atoms with van der Waals surface area (Å²) in [6.45, 7) is 1.69. The third-order valence-electron chi connectivity index (χ3n) is 2.66. The van der Waals surface area contributed by atoms with E-state index in [4.69, 9.17) is 15.1 Å². The topological polar surface area (TPSA) is 87.4 Å². The van der Waals surface area contributed by atoms with E-state index in [2.05, 4.69) is 0 Å². The molecule has 0 amide bonds. The highest BCUT2D eigenvalue weighted by molar-refractivity contribution is 7.85. The molecule has 2 atom stereocenters. The van der Waals surface area contributed by atoms with Gasteiger partial charge in [0.1, 0.15) is 17.1 Å². The Hall–Kier alpha value is -1.87. The maximum atomic E-state index is 12.0. The van der Waals surface area contributed by atoms with Crippen molar-refractivity contribution in [2.45, 2.75) is 24.3 Å². The highest BCUT2D eigenvalue weighted by Crippen LogP contribution is 2.20. The van der Waals surface area contributed by atoms with Gasteiger partial charge in [-0.2, -0.15) is 5.26 Å². The zero-order valence-corrected chi connectivity index (χ0v) is 11.6. The van der Waals surface area contributed by atoms with E-state index in [-0.39, 0.29) is 5.75 Å². The van der Waals surface area contributed by atoms with Crippen LogP contribution >= 0.6 is 0 Å². The molecule has 0 heterocycles. The largest absolute Gasteiger partial charge is 0.495 e. The van der Waals surface area contributed by atoms with Gasteiger partial charge in [0.15, 0.2) is 0 Å². The number of benzene rings is 1. The fourth-order valence-corrected chi connectivity index (χ4v) is 2.98. The van der Waals surface area contributed by atoms with E-state index in [0.29, 0.717) is 23.3 Å². The monoisotopic (exact) mass is 281 g/mol. The molecular weight excluding hydrogens is 266 g/mol. The van der Waals surface area contributed by atoms with Crippen molar-refractivity contribution in [2.24, 2.45) is 0 Å². The zero-order chi connectivity index (χ0) is 14.4. The third kappa shape index (κ3) is 3.80. The summed E-state index contributed by atoms with van der Waals surface area (Å²) < 4.78 is 17.0. The number of hydrogen-bond donors (Lipinski definition) is 1. The quantitative estimate of drug-likeness (QED) is 0.857. The molecule has 2 unspecified atom stereocenters. The van der Waals surface area contributed by atoms with E-state index < -0.39 is 22.0 Å². The van der Waals surface area contributed by atoms with Crippen LogP contribution in [0.25, 0.3) is 0 Å². The molecule has 5 nitrogen and oxygen atoms in total. The fraction of sp³-hybridized carbons (Fsp3) is 0.385. The minimum atomic E-state index is -1.51. The van der Waals surface area contributed by atoms with Crippen LogP contribution in [0.15, 0.2) is 18.2 Å². The van der Waals surface area contributed by atoms with Crippen molar-refractivity contribution in [1.29, 1.82) is 5.26 Å². The number of methoxy groups -OCH3 is 1. The van der Waals surface area contributed by atoms with Gasteiger partial charge in [0.25, 0.3) is 0 Å². The maximum absolute atomic E-state index is 12.0. The van der Waals surface area contributed by atoms with Crippen LogP contribution in [0.4, 0.5) is 0 Å². The lowest BCUT2D eigenvalue weighted by atomic mass is 10.1. The molecule has 102 valence electrons. The molecule has 0 aromatic heterocycles. The number of carboxylic acids is 1. The number of rotatable bonds is 6. The number of nitrogens with zero attached hydrogens (tertiary/aromatic N) is 1. The molecule has 6 heteroatoms. The summed E-state index contributed by atoms with van der Waals surface area (Å²) in [5.74, 6) is -0.499. The summed E-state index contributed by atoms with van der Waals surface area (Å²) in [4.78, 5) is 10.9. The minimum absolute atomic E-state index is 0.115. The first-order chi connectivity index (χ1) is 9.03.